The van der Waals surface area contributed by atoms with Crippen molar-refractivity contribution < 1.29 is 19.4 Å². The number of ketones is 1. The van der Waals surface area contributed by atoms with Gasteiger partial charge in [0.25, 0.3) is 0 Å². The van der Waals surface area contributed by atoms with Gasteiger partial charge in [-0.1, -0.05) is 13.8 Å². The normalized spacial score (nSPS) is 9.00. The van der Waals surface area contributed by atoms with Crippen LogP contribution in [0.4, 0.5) is 0 Å². The number of carbonyl (C=O) groups is 2. The maximum absolute atomic E-state index is 10.4. The maximum Gasteiger partial charge on any atom is 0.313 e. The lowest BCUT2D eigenvalue weighted by Crippen LogP contribution is -2.07. The van der Waals surface area contributed by atoms with Crippen LogP contribution in [0.1, 0.15) is 34.1 Å². The average molecular weight is 204 g/mol. The van der Waals surface area contributed by atoms with Gasteiger partial charge in [-0.2, -0.15) is 0 Å². The zero-order valence-corrected chi connectivity index (χ0v) is 9.37. The molecule has 0 aliphatic heterocycles. The van der Waals surface area contributed by atoms with Gasteiger partial charge in [-0.15, -0.1) is 0 Å². The van der Waals surface area contributed by atoms with Crippen molar-refractivity contribution in [2.24, 2.45) is 5.92 Å². The highest BCUT2D eigenvalue weighted by Crippen LogP contribution is 1.86. The molecule has 0 saturated carbocycles. The van der Waals surface area contributed by atoms with Crippen molar-refractivity contribution in [3.05, 3.63) is 0 Å². The number of rotatable bonds is 4. The van der Waals surface area contributed by atoms with Crippen LogP contribution in [0.2, 0.25) is 0 Å². The predicted octanol–water partition coefficient (Wildman–Crippen LogP) is 1.16. The summed E-state index contributed by atoms with van der Waals surface area (Å²) in [5.41, 5.74) is 0. The molecule has 0 aliphatic rings. The molecule has 1 N–H and O–H groups in total. The number of esters is 1. The zero-order valence-electron chi connectivity index (χ0n) is 9.37. The van der Waals surface area contributed by atoms with E-state index in [0.29, 0.717) is 19.1 Å². The Labute approximate surface area is 85.3 Å². The second kappa shape index (κ2) is 10.2. The van der Waals surface area contributed by atoms with Gasteiger partial charge in [0, 0.05) is 6.61 Å². The van der Waals surface area contributed by atoms with E-state index in [1.54, 1.807) is 6.92 Å². The second-order valence-corrected chi connectivity index (χ2v) is 3.26. The Morgan fingerprint density at radius 1 is 1.36 bits per heavy atom. The molecule has 0 unspecified atom stereocenters. The van der Waals surface area contributed by atoms with Crippen LogP contribution in [0.3, 0.4) is 0 Å². The third kappa shape index (κ3) is 17.3. The van der Waals surface area contributed by atoms with Crippen LogP contribution in [0.5, 0.6) is 0 Å². The minimum absolute atomic E-state index is 0.103. The first-order chi connectivity index (χ1) is 6.43. The Kier molecular flexibility index (Phi) is 11.3. The molecule has 0 atom stereocenters. The van der Waals surface area contributed by atoms with Crippen molar-refractivity contribution in [3.63, 3.8) is 0 Å². The molecule has 0 radical (unpaired) electrons. The fourth-order valence-electron chi connectivity index (χ4n) is 0.415. The molecule has 0 aromatic rings. The van der Waals surface area contributed by atoms with Gasteiger partial charge < -0.3 is 9.84 Å². The van der Waals surface area contributed by atoms with Gasteiger partial charge >= 0.3 is 5.97 Å². The molecule has 0 heterocycles. The van der Waals surface area contributed by atoms with Gasteiger partial charge in [-0.3, -0.25) is 9.59 Å². The molecule has 0 spiro atoms. The molecular weight excluding hydrogens is 184 g/mol. The number of aliphatic hydroxyl groups is 1. The van der Waals surface area contributed by atoms with Gasteiger partial charge in [0.1, 0.15) is 12.2 Å². The number of hydrogen-bond donors (Lipinski definition) is 1. The molecular formula is C10H20O4. The van der Waals surface area contributed by atoms with Crippen LogP contribution in [-0.2, 0) is 14.3 Å². The van der Waals surface area contributed by atoms with Gasteiger partial charge in [0.2, 0.25) is 0 Å². The van der Waals surface area contributed by atoms with E-state index in [1.165, 1.54) is 6.92 Å². The van der Waals surface area contributed by atoms with Crippen molar-refractivity contribution in [1.82, 2.24) is 0 Å². The summed E-state index contributed by atoms with van der Waals surface area (Å²) in [5, 5.41) is 8.14. The molecule has 4 nitrogen and oxygen atoms in total. The summed E-state index contributed by atoms with van der Waals surface area (Å²) in [6.45, 7) is 7.65. The van der Waals surface area contributed by atoms with E-state index < -0.39 is 5.97 Å². The highest BCUT2D eigenvalue weighted by atomic mass is 16.5. The van der Waals surface area contributed by atoms with Crippen LogP contribution in [0, 0.1) is 5.92 Å². The summed E-state index contributed by atoms with van der Waals surface area (Å²) in [5.74, 6) is -0.159. The van der Waals surface area contributed by atoms with E-state index in [-0.39, 0.29) is 12.2 Å². The lowest BCUT2D eigenvalue weighted by molar-refractivity contribution is -0.145. The van der Waals surface area contributed by atoms with Gasteiger partial charge in [-0.25, -0.2) is 0 Å². The molecule has 0 rings (SSSR count). The Morgan fingerprint density at radius 2 is 1.79 bits per heavy atom. The fraction of sp³-hybridized carbons (Fsp3) is 0.800. The summed E-state index contributed by atoms with van der Waals surface area (Å²) in [6, 6.07) is 0. The topological polar surface area (TPSA) is 63.6 Å². The van der Waals surface area contributed by atoms with Gasteiger partial charge in [0.15, 0.2) is 0 Å². The van der Waals surface area contributed by atoms with Crippen LogP contribution in [0.25, 0.3) is 0 Å². The van der Waals surface area contributed by atoms with E-state index in [9.17, 15) is 9.59 Å². The van der Waals surface area contributed by atoms with E-state index >= 15 is 0 Å². The number of Topliss-reactive ketones (excluding diaryl/α,β-unsaturated/α-hetero) is 1. The largest absolute Gasteiger partial charge is 0.466 e. The first-order valence-electron chi connectivity index (χ1n) is 4.69. The van der Waals surface area contributed by atoms with Crippen LogP contribution in [-0.4, -0.2) is 30.1 Å². The van der Waals surface area contributed by atoms with Crippen LogP contribution < -0.4 is 0 Å². The lowest BCUT2D eigenvalue weighted by Gasteiger charge is -1.96. The highest BCUT2D eigenvalue weighted by molar-refractivity contribution is 5.94. The van der Waals surface area contributed by atoms with Crippen molar-refractivity contribution >= 4 is 11.8 Å². The molecule has 0 bridgehead atoms. The van der Waals surface area contributed by atoms with Crippen molar-refractivity contribution in [2.45, 2.75) is 34.1 Å². The van der Waals surface area contributed by atoms with Gasteiger partial charge in [-0.05, 0) is 19.8 Å². The number of ether oxygens (including phenoxy) is 1. The molecule has 4 heteroatoms. The summed E-state index contributed by atoms with van der Waals surface area (Å²) in [7, 11) is 0. The Morgan fingerprint density at radius 3 is 2.00 bits per heavy atom. The van der Waals surface area contributed by atoms with Gasteiger partial charge in [0.05, 0.1) is 6.61 Å². The van der Waals surface area contributed by atoms with E-state index in [0.717, 1.165) is 0 Å². The Balaban J connectivity index is 0. The SMILES string of the molecule is CC(C)CO.CCOC(=O)CC(C)=O. The Hall–Kier alpha value is -0.900. The lowest BCUT2D eigenvalue weighted by atomic mass is 10.2. The summed E-state index contributed by atoms with van der Waals surface area (Å²) in [4.78, 5) is 20.6. The second-order valence-electron chi connectivity index (χ2n) is 3.26. The van der Waals surface area contributed by atoms with Crippen LogP contribution >= 0.6 is 0 Å². The molecule has 0 aliphatic carbocycles. The first kappa shape index (κ1) is 15.6. The molecule has 84 valence electrons. The molecule has 0 fully saturated rings. The Bertz CT molecular complexity index is 164. The quantitative estimate of drug-likeness (QED) is 0.551. The number of aliphatic hydroxyl groups excluding tert-OH is 1. The minimum atomic E-state index is -0.440. The standard InChI is InChI=1S/C6H10O3.C4H10O/c1-3-9-6(8)4-5(2)7;1-4(2)3-5/h3-4H2,1-2H3;4-5H,3H2,1-2H3. The fourth-order valence-corrected chi connectivity index (χ4v) is 0.415. The number of hydrogen-bond acceptors (Lipinski definition) is 4. The van der Waals surface area contributed by atoms with Crippen molar-refractivity contribution in [2.75, 3.05) is 13.2 Å². The zero-order chi connectivity index (χ0) is 11.6. The molecule has 0 saturated heterocycles. The van der Waals surface area contributed by atoms with Crippen LogP contribution in [0.15, 0.2) is 0 Å². The molecule has 0 amide bonds. The summed E-state index contributed by atoms with van der Waals surface area (Å²) in [6.07, 6.45) is -0.103. The smallest absolute Gasteiger partial charge is 0.313 e. The van der Waals surface area contributed by atoms with Crippen molar-refractivity contribution in [3.8, 4) is 0 Å². The van der Waals surface area contributed by atoms with Crippen molar-refractivity contribution in [1.29, 1.82) is 0 Å². The molecule has 0 aromatic heterocycles. The molecule has 14 heavy (non-hydrogen) atoms. The maximum atomic E-state index is 10.4. The highest BCUT2D eigenvalue weighted by Gasteiger charge is 2.03. The molecule has 0 aromatic carbocycles. The van der Waals surface area contributed by atoms with E-state index in [1.807, 2.05) is 13.8 Å². The van der Waals surface area contributed by atoms with E-state index in [4.69, 9.17) is 5.11 Å². The average Bonchev–Trinajstić information content (AvgIpc) is 2.04. The summed E-state index contributed by atoms with van der Waals surface area (Å²) < 4.78 is 4.49. The third-order valence-corrected chi connectivity index (χ3v) is 1.06. The van der Waals surface area contributed by atoms with E-state index in [2.05, 4.69) is 4.74 Å². The third-order valence-electron chi connectivity index (χ3n) is 1.06. The summed E-state index contributed by atoms with van der Waals surface area (Å²) >= 11 is 0. The number of carbonyl (C=O) groups excluding carboxylic acids is 2. The minimum Gasteiger partial charge on any atom is -0.466 e. The predicted molar refractivity (Wildman–Crippen MR) is 53.9 cm³/mol. The first-order valence-corrected chi connectivity index (χ1v) is 4.69. The monoisotopic (exact) mass is 204 g/mol.